The molecule has 1 heterocycles. The van der Waals surface area contributed by atoms with Gasteiger partial charge in [0, 0.05) is 12.2 Å². The first-order valence-corrected chi connectivity index (χ1v) is 8.95. The van der Waals surface area contributed by atoms with Gasteiger partial charge in [-0.1, -0.05) is 44.2 Å². The molecule has 1 N–H and O–H groups in total. The smallest absolute Gasteiger partial charge is 0.332 e. The molecule has 0 fully saturated rings. The van der Waals surface area contributed by atoms with Crippen molar-refractivity contribution in [3.05, 3.63) is 60.2 Å². The van der Waals surface area contributed by atoms with Crippen molar-refractivity contribution in [2.24, 2.45) is 16.1 Å². The molecule has 0 bridgehead atoms. The number of oxazole rings is 1. The summed E-state index contributed by atoms with van der Waals surface area (Å²) in [4.78, 5) is 4.19. The predicted octanol–water partition coefficient (Wildman–Crippen LogP) is 6.03. The summed E-state index contributed by atoms with van der Waals surface area (Å²) >= 11 is 0. The zero-order chi connectivity index (χ0) is 19.1. The molecule has 140 valence electrons. The Morgan fingerprint density at radius 3 is 2.67 bits per heavy atom. The highest BCUT2D eigenvalue weighted by Crippen LogP contribution is 2.33. The number of nitrogens with zero attached hydrogens (tertiary/aromatic N) is 3. The van der Waals surface area contributed by atoms with Gasteiger partial charge >= 0.3 is 5.95 Å². The van der Waals surface area contributed by atoms with Gasteiger partial charge in [0.05, 0.1) is 12.3 Å². The molecule has 0 spiro atoms. The minimum atomic E-state index is -0.356. The molecule has 0 unspecified atom stereocenters. The van der Waals surface area contributed by atoms with E-state index in [2.05, 4.69) is 29.1 Å². The second-order valence-electron chi connectivity index (χ2n) is 6.62. The molecule has 6 nitrogen and oxygen atoms in total. The molecule has 0 radical (unpaired) electrons. The lowest BCUT2D eigenvalue weighted by Crippen LogP contribution is -1.99. The van der Waals surface area contributed by atoms with Gasteiger partial charge < -0.3 is 14.3 Å². The summed E-state index contributed by atoms with van der Waals surface area (Å²) in [6, 6.07) is 16.9. The van der Waals surface area contributed by atoms with E-state index in [0.29, 0.717) is 24.1 Å². The van der Waals surface area contributed by atoms with Gasteiger partial charge in [0.1, 0.15) is 0 Å². The Kier molecular flexibility index (Phi) is 6.33. The summed E-state index contributed by atoms with van der Waals surface area (Å²) in [5.41, 5.74) is 2.43. The number of hydrogen-bond acceptors (Lipinski definition) is 6. The fourth-order valence-electron chi connectivity index (χ4n) is 2.40. The molecular weight excluding hydrogens is 342 g/mol. The van der Waals surface area contributed by atoms with Crippen molar-refractivity contribution < 1.29 is 14.3 Å². The zero-order valence-corrected chi connectivity index (χ0v) is 15.5. The van der Waals surface area contributed by atoms with E-state index in [9.17, 15) is 5.11 Å². The first kappa shape index (κ1) is 18.8. The van der Waals surface area contributed by atoms with Crippen LogP contribution in [0.25, 0.3) is 11.5 Å². The number of rotatable bonds is 8. The van der Waals surface area contributed by atoms with Crippen molar-refractivity contribution in [3.63, 3.8) is 0 Å². The number of hydrogen-bond donors (Lipinski definition) is 1. The molecule has 0 amide bonds. The van der Waals surface area contributed by atoms with Crippen LogP contribution in [0.4, 0.5) is 11.5 Å². The fourth-order valence-corrected chi connectivity index (χ4v) is 2.40. The van der Waals surface area contributed by atoms with Crippen LogP contribution in [0.1, 0.15) is 25.8 Å². The van der Waals surface area contributed by atoms with Gasteiger partial charge in [-0.25, -0.2) is 0 Å². The quantitative estimate of drug-likeness (QED) is 0.391. The summed E-state index contributed by atoms with van der Waals surface area (Å²) in [6.07, 6.45) is 1.04. The van der Waals surface area contributed by atoms with Crippen LogP contribution in [0.2, 0.25) is 0 Å². The number of aromatic hydroxyl groups is 1. The maximum Gasteiger partial charge on any atom is 0.332 e. The lowest BCUT2D eigenvalue weighted by Gasteiger charge is -2.06. The lowest BCUT2D eigenvalue weighted by molar-refractivity contribution is 0.111. The Hall–Kier alpha value is -2.99. The highest BCUT2D eigenvalue weighted by Gasteiger charge is 2.13. The first-order valence-electron chi connectivity index (χ1n) is 8.95. The summed E-state index contributed by atoms with van der Waals surface area (Å²) in [7, 11) is 0. The number of ether oxygens (including phenoxy) is 1. The van der Waals surface area contributed by atoms with E-state index in [1.165, 1.54) is 0 Å². The van der Waals surface area contributed by atoms with Crippen LogP contribution in [0.3, 0.4) is 0 Å². The van der Waals surface area contributed by atoms with E-state index < -0.39 is 0 Å². The first-order chi connectivity index (χ1) is 13.1. The van der Waals surface area contributed by atoms with Crippen molar-refractivity contribution in [2.45, 2.75) is 26.9 Å². The SMILES string of the molecule is CC(C)CCOCc1cccc(N=Nc2nc(-c3ccccc3)oc2O)c1. The molecule has 3 rings (SSSR count). The van der Waals surface area contributed by atoms with Gasteiger partial charge in [0.25, 0.3) is 5.82 Å². The molecular formula is C21H23N3O3. The van der Waals surface area contributed by atoms with Gasteiger partial charge in [0.2, 0.25) is 5.89 Å². The Morgan fingerprint density at radius 1 is 1.07 bits per heavy atom. The van der Waals surface area contributed by atoms with Crippen LogP contribution in [0.5, 0.6) is 5.95 Å². The molecule has 6 heteroatoms. The van der Waals surface area contributed by atoms with Crippen LogP contribution in [-0.2, 0) is 11.3 Å². The lowest BCUT2D eigenvalue weighted by atomic mass is 10.1. The van der Waals surface area contributed by atoms with E-state index in [4.69, 9.17) is 9.15 Å². The number of benzene rings is 2. The predicted molar refractivity (Wildman–Crippen MR) is 103 cm³/mol. The van der Waals surface area contributed by atoms with Gasteiger partial charge in [-0.15, -0.1) is 10.2 Å². The molecule has 27 heavy (non-hydrogen) atoms. The topological polar surface area (TPSA) is 80.2 Å². The van der Waals surface area contributed by atoms with Crippen molar-refractivity contribution in [1.82, 2.24) is 4.98 Å². The zero-order valence-electron chi connectivity index (χ0n) is 15.5. The van der Waals surface area contributed by atoms with E-state index >= 15 is 0 Å². The summed E-state index contributed by atoms with van der Waals surface area (Å²) in [6.45, 7) is 5.61. The third-order valence-electron chi connectivity index (χ3n) is 3.89. The average molecular weight is 365 g/mol. The standard InChI is InChI=1S/C21H23N3O3/c1-15(2)11-12-26-14-16-7-6-10-18(13-16)23-24-19-21(25)27-20(22-19)17-8-4-3-5-9-17/h3-10,13,15,25H,11-12,14H2,1-2H3. The van der Waals surface area contributed by atoms with Crippen LogP contribution in [0.15, 0.2) is 69.2 Å². The van der Waals surface area contributed by atoms with Crippen LogP contribution in [0, 0.1) is 5.92 Å². The van der Waals surface area contributed by atoms with Crippen molar-refractivity contribution >= 4 is 11.5 Å². The second-order valence-corrected chi connectivity index (χ2v) is 6.62. The van der Waals surface area contributed by atoms with Gasteiger partial charge in [-0.2, -0.15) is 4.98 Å². The molecule has 0 saturated heterocycles. The molecule has 0 atom stereocenters. The maximum atomic E-state index is 9.91. The summed E-state index contributed by atoms with van der Waals surface area (Å²) < 4.78 is 10.9. The minimum Gasteiger partial charge on any atom is -0.478 e. The second kappa shape index (κ2) is 9.09. The van der Waals surface area contributed by atoms with Crippen LogP contribution >= 0.6 is 0 Å². The highest BCUT2D eigenvalue weighted by atomic mass is 16.5. The summed E-state index contributed by atoms with van der Waals surface area (Å²) in [5, 5.41) is 18.1. The normalized spacial score (nSPS) is 11.5. The summed E-state index contributed by atoms with van der Waals surface area (Å²) in [5.74, 6) is 0.619. The maximum absolute atomic E-state index is 9.91. The molecule has 0 aliphatic carbocycles. The minimum absolute atomic E-state index is 0.0486. The van der Waals surface area contributed by atoms with Crippen molar-refractivity contribution in [2.75, 3.05) is 6.61 Å². The van der Waals surface area contributed by atoms with Crippen molar-refractivity contribution in [1.29, 1.82) is 0 Å². The largest absolute Gasteiger partial charge is 0.478 e. The Balaban J connectivity index is 1.66. The van der Waals surface area contributed by atoms with E-state index in [0.717, 1.165) is 24.2 Å². The molecule has 2 aromatic carbocycles. The fraction of sp³-hybridized carbons (Fsp3) is 0.286. The Morgan fingerprint density at radius 2 is 1.89 bits per heavy atom. The third kappa shape index (κ3) is 5.49. The molecule has 3 aromatic rings. The molecule has 0 saturated carbocycles. The monoisotopic (exact) mass is 365 g/mol. The van der Waals surface area contributed by atoms with Crippen LogP contribution in [-0.4, -0.2) is 16.7 Å². The Bertz CT molecular complexity index is 889. The highest BCUT2D eigenvalue weighted by molar-refractivity contribution is 5.57. The van der Waals surface area contributed by atoms with Gasteiger partial charge in [-0.05, 0) is 42.2 Å². The van der Waals surface area contributed by atoms with E-state index in [-0.39, 0.29) is 11.8 Å². The van der Waals surface area contributed by atoms with Crippen molar-refractivity contribution in [3.8, 4) is 17.4 Å². The van der Waals surface area contributed by atoms with Gasteiger partial charge in [-0.3, -0.25) is 0 Å². The number of aromatic nitrogens is 1. The number of azo groups is 1. The molecule has 0 aliphatic rings. The van der Waals surface area contributed by atoms with Gasteiger partial charge in [0.15, 0.2) is 0 Å². The molecule has 0 aliphatic heterocycles. The Labute approximate surface area is 158 Å². The average Bonchev–Trinajstić information content (AvgIpc) is 3.05. The van der Waals surface area contributed by atoms with Crippen LogP contribution < -0.4 is 0 Å². The molecule has 1 aromatic heterocycles. The third-order valence-corrected chi connectivity index (χ3v) is 3.89. The van der Waals surface area contributed by atoms with E-state index in [1.54, 1.807) is 0 Å². The van der Waals surface area contributed by atoms with E-state index in [1.807, 2.05) is 54.6 Å².